The second-order valence-electron chi connectivity index (χ2n) is 6.78. The van der Waals surface area contributed by atoms with Crippen molar-refractivity contribution in [3.63, 3.8) is 0 Å². The van der Waals surface area contributed by atoms with E-state index in [1.807, 2.05) is 48.5 Å². The molecule has 30 heavy (non-hydrogen) atoms. The number of carbonyl (C=O) groups excluding carboxylic acids is 2. The molecular weight excluding hydrogens is 386 g/mol. The fraction of sp³-hybridized carbons (Fsp3) is 0.273. The van der Waals surface area contributed by atoms with Gasteiger partial charge >= 0.3 is 6.09 Å². The van der Waals surface area contributed by atoms with Gasteiger partial charge in [-0.25, -0.2) is 10.3 Å². The van der Waals surface area contributed by atoms with Crippen LogP contribution in [0, 0.1) is 0 Å². The molecule has 0 saturated carbocycles. The van der Waals surface area contributed by atoms with Crippen LogP contribution in [0.2, 0.25) is 0 Å². The summed E-state index contributed by atoms with van der Waals surface area (Å²) in [5, 5.41) is 8.50. The summed E-state index contributed by atoms with van der Waals surface area (Å²) in [4.78, 5) is 27.3. The minimum Gasteiger partial charge on any atom is -0.497 e. The molecule has 0 unspecified atom stereocenters. The largest absolute Gasteiger partial charge is 0.497 e. The highest BCUT2D eigenvalue weighted by Gasteiger charge is 2.22. The normalized spacial score (nSPS) is 13.9. The number of nitrogens with one attached hydrogen (secondary N) is 1. The first-order valence-electron chi connectivity index (χ1n) is 9.61. The van der Waals surface area contributed by atoms with Crippen molar-refractivity contribution in [1.29, 1.82) is 0 Å². The van der Waals surface area contributed by atoms with Gasteiger partial charge in [0.15, 0.2) is 0 Å². The number of benzene rings is 2. The number of piperazine rings is 1. The van der Waals surface area contributed by atoms with Gasteiger partial charge in [0.25, 0.3) is 5.91 Å². The maximum absolute atomic E-state index is 12.3. The van der Waals surface area contributed by atoms with Gasteiger partial charge in [0.1, 0.15) is 12.4 Å². The molecule has 0 aromatic heterocycles. The number of methoxy groups -OCH3 is 1. The molecule has 8 heteroatoms. The minimum atomic E-state index is -0.575. The van der Waals surface area contributed by atoms with Crippen LogP contribution in [0.25, 0.3) is 6.08 Å². The average molecular weight is 411 g/mol. The lowest BCUT2D eigenvalue weighted by atomic mass is 10.1. The first-order chi connectivity index (χ1) is 14.6. The standard InChI is InChI=1S/C22H25N3O5/c1-29-20-9-4-18(5-10-20)16-30-22(27)25-14-12-24(13-15-25)19-7-2-17(3-8-19)6-11-21(26)23-28/h2-11,28H,12-16H2,1H3,(H,23,26)/b11-6+. The number of ether oxygens (including phenoxy) is 2. The van der Waals surface area contributed by atoms with Gasteiger partial charge in [-0.1, -0.05) is 24.3 Å². The van der Waals surface area contributed by atoms with Crippen LogP contribution in [0.5, 0.6) is 5.75 Å². The molecule has 1 aliphatic heterocycles. The molecule has 0 radical (unpaired) electrons. The van der Waals surface area contributed by atoms with Gasteiger partial charge in [-0.3, -0.25) is 10.0 Å². The number of rotatable bonds is 6. The van der Waals surface area contributed by atoms with Gasteiger partial charge in [-0.2, -0.15) is 0 Å². The molecule has 1 saturated heterocycles. The van der Waals surface area contributed by atoms with Crippen molar-refractivity contribution >= 4 is 23.8 Å². The Bertz CT molecular complexity index is 873. The molecule has 1 fully saturated rings. The molecular formula is C22H25N3O5. The van der Waals surface area contributed by atoms with Gasteiger partial charge in [0, 0.05) is 37.9 Å². The van der Waals surface area contributed by atoms with E-state index in [1.165, 1.54) is 6.08 Å². The Morgan fingerprint density at radius 3 is 2.30 bits per heavy atom. The van der Waals surface area contributed by atoms with Crippen molar-refractivity contribution in [2.75, 3.05) is 38.2 Å². The molecule has 2 amide bonds. The predicted octanol–water partition coefficient (Wildman–Crippen LogP) is 2.67. The molecule has 3 rings (SSSR count). The van der Waals surface area contributed by atoms with E-state index < -0.39 is 5.91 Å². The fourth-order valence-corrected chi connectivity index (χ4v) is 3.11. The third-order valence-corrected chi connectivity index (χ3v) is 4.85. The average Bonchev–Trinajstić information content (AvgIpc) is 2.81. The number of anilines is 1. The zero-order valence-electron chi connectivity index (χ0n) is 16.8. The number of amides is 2. The van der Waals surface area contributed by atoms with Crippen LogP contribution in [-0.2, 0) is 16.1 Å². The van der Waals surface area contributed by atoms with E-state index in [4.69, 9.17) is 14.7 Å². The zero-order valence-corrected chi connectivity index (χ0v) is 16.8. The Kier molecular flexibility index (Phi) is 7.29. The number of carbonyl (C=O) groups is 2. The van der Waals surface area contributed by atoms with Crippen LogP contribution in [0.15, 0.2) is 54.6 Å². The van der Waals surface area contributed by atoms with Crippen molar-refractivity contribution in [2.45, 2.75) is 6.61 Å². The van der Waals surface area contributed by atoms with Gasteiger partial charge < -0.3 is 19.3 Å². The van der Waals surface area contributed by atoms with E-state index in [-0.39, 0.29) is 12.7 Å². The Morgan fingerprint density at radius 2 is 1.70 bits per heavy atom. The van der Waals surface area contributed by atoms with Gasteiger partial charge in [-0.15, -0.1) is 0 Å². The first-order valence-corrected chi connectivity index (χ1v) is 9.61. The fourth-order valence-electron chi connectivity index (χ4n) is 3.11. The van der Waals surface area contributed by atoms with Crippen LogP contribution < -0.4 is 15.1 Å². The van der Waals surface area contributed by atoms with Crippen LogP contribution in [0.1, 0.15) is 11.1 Å². The molecule has 8 nitrogen and oxygen atoms in total. The summed E-state index contributed by atoms with van der Waals surface area (Å²) in [7, 11) is 1.61. The molecule has 2 N–H and O–H groups in total. The second-order valence-corrected chi connectivity index (χ2v) is 6.78. The topological polar surface area (TPSA) is 91.3 Å². The zero-order chi connectivity index (χ0) is 21.3. The van der Waals surface area contributed by atoms with E-state index in [1.54, 1.807) is 23.6 Å². The highest BCUT2D eigenvalue weighted by Crippen LogP contribution is 2.19. The third-order valence-electron chi connectivity index (χ3n) is 4.85. The third kappa shape index (κ3) is 5.74. The number of hydroxylamine groups is 1. The summed E-state index contributed by atoms with van der Waals surface area (Å²) >= 11 is 0. The monoisotopic (exact) mass is 411 g/mol. The SMILES string of the molecule is COc1ccc(COC(=O)N2CCN(c3ccc(/C=C/C(=O)NO)cc3)CC2)cc1. The van der Waals surface area contributed by atoms with Crippen molar-refractivity contribution < 1.29 is 24.3 Å². The summed E-state index contributed by atoms with van der Waals surface area (Å²) < 4.78 is 10.5. The molecule has 158 valence electrons. The maximum atomic E-state index is 12.3. The number of nitrogens with zero attached hydrogens (tertiary/aromatic N) is 2. The van der Waals surface area contributed by atoms with Crippen molar-refractivity contribution in [1.82, 2.24) is 10.4 Å². The molecule has 2 aromatic rings. The van der Waals surface area contributed by atoms with E-state index in [0.717, 1.165) is 22.6 Å². The predicted molar refractivity (Wildman–Crippen MR) is 112 cm³/mol. The molecule has 0 aliphatic carbocycles. The number of hydrogen-bond acceptors (Lipinski definition) is 6. The Labute approximate surface area is 175 Å². The molecule has 0 bridgehead atoms. The van der Waals surface area contributed by atoms with E-state index in [2.05, 4.69) is 4.90 Å². The summed E-state index contributed by atoms with van der Waals surface area (Å²) in [5.74, 6) is 0.190. The van der Waals surface area contributed by atoms with Crippen LogP contribution in [0.4, 0.5) is 10.5 Å². The van der Waals surface area contributed by atoms with E-state index in [0.29, 0.717) is 26.2 Å². The van der Waals surface area contributed by atoms with Crippen LogP contribution >= 0.6 is 0 Å². The first kappa shape index (κ1) is 21.2. The van der Waals surface area contributed by atoms with Gasteiger partial charge in [0.2, 0.25) is 0 Å². The Balaban J connectivity index is 1.46. The second kappa shape index (κ2) is 10.3. The lowest BCUT2D eigenvalue weighted by molar-refractivity contribution is -0.124. The van der Waals surface area contributed by atoms with Crippen LogP contribution in [0.3, 0.4) is 0 Å². The summed E-state index contributed by atoms with van der Waals surface area (Å²) in [6, 6.07) is 15.1. The maximum Gasteiger partial charge on any atom is 0.410 e. The molecule has 0 atom stereocenters. The lowest BCUT2D eigenvalue weighted by Crippen LogP contribution is -2.48. The molecule has 1 aliphatic rings. The van der Waals surface area contributed by atoms with Gasteiger partial charge in [0.05, 0.1) is 7.11 Å². The van der Waals surface area contributed by atoms with Gasteiger partial charge in [-0.05, 0) is 41.5 Å². The number of hydrogen-bond donors (Lipinski definition) is 2. The summed E-state index contributed by atoms with van der Waals surface area (Å²) in [6.45, 7) is 2.81. The Morgan fingerprint density at radius 1 is 1.03 bits per heavy atom. The van der Waals surface area contributed by atoms with Crippen LogP contribution in [-0.4, -0.2) is 55.4 Å². The smallest absolute Gasteiger partial charge is 0.410 e. The summed E-state index contributed by atoms with van der Waals surface area (Å²) in [5.41, 5.74) is 4.36. The highest BCUT2D eigenvalue weighted by molar-refractivity contribution is 5.90. The molecule has 2 aromatic carbocycles. The summed E-state index contributed by atoms with van der Waals surface area (Å²) in [6.07, 6.45) is 2.56. The van der Waals surface area contributed by atoms with E-state index in [9.17, 15) is 9.59 Å². The van der Waals surface area contributed by atoms with Crippen molar-refractivity contribution in [3.05, 3.63) is 65.7 Å². The van der Waals surface area contributed by atoms with Crippen molar-refractivity contribution in [2.24, 2.45) is 0 Å². The van der Waals surface area contributed by atoms with E-state index >= 15 is 0 Å². The lowest BCUT2D eigenvalue weighted by Gasteiger charge is -2.35. The quantitative estimate of drug-likeness (QED) is 0.431. The minimum absolute atomic E-state index is 0.228. The highest BCUT2D eigenvalue weighted by atomic mass is 16.6. The molecule has 1 heterocycles. The Hall–Kier alpha value is -3.52. The molecule has 0 spiro atoms. The van der Waals surface area contributed by atoms with Crippen molar-refractivity contribution in [3.8, 4) is 5.75 Å².